The van der Waals surface area contributed by atoms with Crippen LogP contribution in [-0.2, 0) is 6.42 Å². The highest BCUT2D eigenvalue weighted by Crippen LogP contribution is 1.99. The van der Waals surface area contributed by atoms with Crippen molar-refractivity contribution in [1.29, 1.82) is 0 Å². The smallest absolute Gasteiger partial charge is 0.261 e. The number of hydrogen-bond acceptors (Lipinski definition) is 1. The molecule has 1 rings (SSSR count). The Morgan fingerprint density at radius 3 is 2.27 bits per heavy atom. The lowest BCUT2D eigenvalue weighted by atomic mass is 10.2. The van der Waals surface area contributed by atoms with E-state index >= 15 is 0 Å². The molecule has 0 saturated heterocycles. The number of aromatic nitrogens is 1. The molecule has 0 aliphatic rings. The second kappa shape index (κ2) is 12.9. The summed E-state index contributed by atoms with van der Waals surface area (Å²) >= 11 is -1.72. The molecule has 0 aliphatic carbocycles. The first kappa shape index (κ1) is 18.2. The van der Waals surface area contributed by atoms with Crippen molar-refractivity contribution in [2.24, 2.45) is 0 Å². The molecule has 0 fully saturated rings. The average molecular weight is 305 g/mol. The number of rotatable bonds is 3. The van der Waals surface area contributed by atoms with Gasteiger partial charge in [-0.1, -0.05) is 19.4 Å². The molecule has 1 aromatic heterocycles. The summed E-state index contributed by atoms with van der Waals surface area (Å²) in [5.74, 6) is 0. The van der Waals surface area contributed by atoms with E-state index in [0.717, 1.165) is 6.42 Å². The van der Waals surface area contributed by atoms with Crippen LogP contribution in [0.5, 0.6) is 0 Å². The quantitative estimate of drug-likeness (QED) is 0.747. The number of nitrogens with zero attached hydrogens (tertiary/aromatic N) is 1. The number of aryl methyl sites for hydroxylation is 1. The molecular formula is C9H14AlCl4N. The van der Waals surface area contributed by atoms with Gasteiger partial charge in [0.2, 0.25) is 0 Å². The molecule has 1 aromatic rings. The van der Waals surface area contributed by atoms with Crippen LogP contribution >= 0.6 is 42.6 Å². The summed E-state index contributed by atoms with van der Waals surface area (Å²) in [7, 11) is 14.8. The zero-order chi connectivity index (χ0) is 10.8. The largest absolute Gasteiger partial charge is 0.643 e. The maximum atomic E-state index is 4.94. The van der Waals surface area contributed by atoms with Gasteiger partial charge in [-0.2, -0.15) is 0 Å². The van der Waals surface area contributed by atoms with Gasteiger partial charge in [0.15, 0.2) is 0 Å². The molecule has 0 radical (unpaired) electrons. The highest BCUT2D eigenvalue weighted by atomic mass is 35.8. The van der Waals surface area contributed by atoms with Crippen LogP contribution in [0.4, 0.5) is 0 Å². The molecular weight excluding hydrogens is 291 g/mol. The van der Waals surface area contributed by atoms with Gasteiger partial charge in [0.05, 0.1) is 0 Å². The lowest BCUT2D eigenvalue weighted by Crippen LogP contribution is -1.86. The van der Waals surface area contributed by atoms with E-state index in [4.69, 9.17) is 30.1 Å². The first-order valence-electron chi connectivity index (χ1n) is 4.49. The fourth-order valence-electron chi connectivity index (χ4n) is 0.904. The maximum Gasteiger partial charge on any atom is 0.643 e. The first-order chi connectivity index (χ1) is 6.66. The Morgan fingerprint density at radius 2 is 1.87 bits per heavy atom. The van der Waals surface area contributed by atoms with Crippen LogP contribution in [0.1, 0.15) is 25.5 Å². The van der Waals surface area contributed by atoms with Crippen molar-refractivity contribution in [3.05, 3.63) is 30.1 Å². The normalized spacial score (nSPS) is 8.27. The molecule has 0 unspecified atom stereocenters. The van der Waals surface area contributed by atoms with E-state index in [1.807, 2.05) is 18.3 Å². The van der Waals surface area contributed by atoms with Crippen LogP contribution in [-0.4, -0.2) is 16.4 Å². The number of unbranched alkanes of at least 4 members (excludes halogenated alkanes) is 1. The van der Waals surface area contributed by atoms with E-state index in [1.54, 1.807) is 0 Å². The Kier molecular flexibility index (Phi) is 15.7. The van der Waals surface area contributed by atoms with Gasteiger partial charge in [-0.15, -0.1) is 12.4 Å². The molecule has 0 amide bonds. The lowest BCUT2D eigenvalue weighted by molar-refractivity contribution is 0.777. The molecule has 86 valence electrons. The van der Waals surface area contributed by atoms with Gasteiger partial charge >= 0.3 is 11.4 Å². The SMILES string of the molecule is CCCCc1ccccn1.Cl.[Cl][Al]([Cl])[Cl]. The molecule has 1 nitrogen and oxygen atoms in total. The second-order valence-corrected chi connectivity index (χ2v) is 9.11. The standard InChI is InChI=1S/C9H13N.Al.4ClH/c1-2-3-6-9-7-4-5-8-10-9;;;;;/h4-5,7-8H,2-3,6H2,1H3;;4*1H/q;+3;;;;/p-3. The van der Waals surface area contributed by atoms with Crippen LogP contribution in [0, 0.1) is 0 Å². The Morgan fingerprint density at radius 1 is 1.27 bits per heavy atom. The zero-order valence-electron chi connectivity index (χ0n) is 8.50. The molecule has 6 heteroatoms. The Bertz CT molecular complexity index is 218. The summed E-state index contributed by atoms with van der Waals surface area (Å²) in [6, 6.07) is 6.07. The average Bonchev–Trinajstić information content (AvgIpc) is 2.15. The summed E-state index contributed by atoms with van der Waals surface area (Å²) < 4.78 is 0. The van der Waals surface area contributed by atoms with Crippen LogP contribution in [0.15, 0.2) is 24.4 Å². The van der Waals surface area contributed by atoms with Gasteiger partial charge in [-0.25, -0.2) is 30.1 Å². The highest BCUT2D eigenvalue weighted by Gasteiger charge is 2.00. The van der Waals surface area contributed by atoms with Crippen molar-refractivity contribution >= 4 is 53.9 Å². The molecule has 0 atom stereocenters. The van der Waals surface area contributed by atoms with Crippen molar-refractivity contribution in [1.82, 2.24) is 4.98 Å². The fraction of sp³-hybridized carbons (Fsp3) is 0.444. The van der Waals surface area contributed by atoms with Gasteiger partial charge in [0.1, 0.15) is 0 Å². The van der Waals surface area contributed by atoms with Gasteiger partial charge in [-0.05, 0) is 25.0 Å². The van der Waals surface area contributed by atoms with E-state index in [-0.39, 0.29) is 12.4 Å². The lowest BCUT2D eigenvalue weighted by Gasteiger charge is -1.95. The Hall–Kier alpha value is 0.842. The fourth-order valence-corrected chi connectivity index (χ4v) is 0.904. The second-order valence-electron chi connectivity index (χ2n) is 2.67. The number of pyridine rings is 1. The molecule has 0 spiro atoms. The van der Waals surface area contributed by atoms with E-state index in [1.165, 1.54) is 18.5 Å². The van der Waals surface area contributed by atoms with E-state index in [0.29, 0.717) is 0 Å². The maximum absolute atomic E-state index is 4.94. The van der Waals surface area contributed by atoms with Crippen LogP contribution < -0.4 is 0 Å². The molecule has 0 N–H and O–H groups in total. The van der Waals surface area contributed by atoms with Gasteiger partial charge < -0.3 is 0 Å². The molecule has 0 aliphatic heterocycles. The zero-order valence-corrected chi connectivity index (χ0v) is 12.7. The van der Waals surface area contributed by atoms with Crippen molar-refractivity contribution < 1.29 is 0 Å². The minimum Gasteiger partial charge on any atom is -0.261 e. The molecule has 0 aromatic carbocycles. The van der Waals surface area contributed by atoms with Gasteiger partial charge in [0.25, 0.3) is 0 Å². The molecule has 15 heavy (non-hydrogen) atoms. The van der Waals surface area contributed by atoms with Gasteiger partial charge in [-0.3, -0.25) is 4.98 Å². The minimum absolute atomic E-state index is 0. The third-order valence-electron chi connectivity index (χ3n) is 1.51. The summed E-state index contributed by atoms with van der Waals surface area (Å²) in [5, 5.41) is 0. The van der Waals surface area contributed by atoms with Crippen molar-refractivity contribution in [2.45, 2.75) is 26.2 Å². The summed E-state index contributed by atoms with van der Waals surface area (Å²) in [6.45, 7) is 2.20. The summed E-state index contributed by atoms with van der Waals surface area (Å²) in [5.41, 5.74) is 1.21. The molecule has 0 bridgehead atoms. The molecule has 1 heterocycles. The van der Waals surface area contributed by atoms with E-state index in [9.17, 15) is 0 Å². The van der Waals surface area contributed by atoms with Crippen LogP contribution in [0.3, 0.4) is 0 Å². The van der Waals surface area contributed by atoms with E-state index < -0.39 is 11.4 Å². The minimum atomic E-state index is -1.72. The predicted molar refractivity (Wildman–Crippen MR) is 73.4 cm³/mol. The highest BCUT2D eigenvalue weighted by molar-refractivity contribution is 7.54. The first-order valence-corrected chi connectivity index (χ1v) is 9.72. The van der Waals surface area contributed by atoms with Gasteiger partial charge in [0, 0.05) is 11.9 Å². The number of hydrogen-bond donors (Lipinski definition) is 0. The topological polar surface area (TPSA) is 12.9 Å². The van der Waals surface area contributed by atoms with Crippen molar-refractivity contribution in [2.75, 3.05) is 0 Å². The van der Waals surface area contributed by atoms with Crippen LogP contribution in [0.2, 0.25) is 0 Å². The number of halogens is 4. The third kappa shape index (κ3) is 14.8. The summed E-state index contributed by atoms with van der Waals surface area (Å²) in [4.78, 5) is 4.22. The summed E-state index contributed by atoms with van der Waals surface area (Å²) in [6.07, 6.45) is 5.47. The third-order valence-corrected chi connectivity index (χ3v) is 1.51. The predicted octanol–water partition coefficient (Wildman–Crippen LogP) is 4.53. The monoisotopic (exact) mass is 303 g/mol. The molecule has 0 saturated carbocycles. The van der Waals surface area contributed by atoms with E-state index in [2.05, 4.69) is 18.0 Å². The Labute approximate surface area is 115 Å². The van der Waals surface area contributed by atoms with Crippen molar-refractivity contribution in [3.8, 4) is 0 Å². The Balaban J connectivity index is 0. The van der Waals surface area contributed by atoms with Crippen molar-refractivity contribution in [3.63, 3.8) is 0 Å². The van der Waals surface area contributed by atoms with Crippen LogP contribution in [0.25, 0.3) is 0 Å².